The number of ether oxygens (including phenoxy) is 2. The van der Waals surface area contributed by atoms with Gasteiger partial charge < -0.3 is 25.2 Å². The van der Waals surface area contributed by atoms with Gasteiger partial charge in [-0.1, -0.05) is 41.9 Å². The lowest BCUT2D eigenvalue weighted by atomic mass is 9.90. The molecule has 2 aromatic rings. The summed E-state index contributed by atoms with van der Waals surface area (Å²) < 4.78 is 10.5. The topological polar surface area (TPSA) is 114 Å². The first-order chi connectivity index (χ1) is 14.3. The number of aliphatic carboxylic acids is 1. The maximum Gasteiger partial charge on any atom is 0.341 e. The van der Waals surface area contributed by atoms with Crippen molar-refractivity contribution in [3.8, 4) is 11.5 Å². The van der Waals surface area contributed by atoms with E-state index in [-0.39, 0.29) is 22.3 Å². The van der Waals surface area contributed by atoms with Gasteiger partial charge in [-0.05, 0) is 30.2 Å². The van der Waals surface area contributed by atoms with Crippen LogP contribution in [-0.4, -0.2) is 36.6 Å². The van der Waals surface area contributed by atoms with Crippen LogP contribution in [0.2, 0.25) is 5.02 Å². The van der Waals surface area contributed by atoms with Gasteiger partial charge in [-0.25, -0.2) is 9.59 Å². The van der Waals surface area contributed by atoms with E-state index in [1.54, 1.807) is 30.3 Å². The Hall–Kier alpha value is -3.52. The number of carboxylic acids is 1. The molecule has 3 rings (SSSR count). The van der Waals surface area contributed by atoms with Crippen molar-refractivity contribution in [2.24, 2.45) is 0 Å². The quantitative estimate of drug-likeness (QED) is 0.621. The van der Waals surface area contributed by atoms with Crippen LogP contribution >= 0.6 is 11.6 Å². The molecule has 8 nitrogen and oxygen atoms in total. The molecular formula is C21H19ClN2O6. The number of carbonyl (C=O) groups excluding carboxylic acids is 2. The summed E-state index contributed by atoms with van der Waals surface area (Å²) in [6, 6.07) is 10.8. The minimum Gasteiger partial charge on any atom is -0.493 e. The normalized spacial score (nSPS) is 15.8. The Labute approximate surface area is 177 Å². The molecule has 156 valence electrons. The number of carboxylic acid groups (broad SMARTS) is 1. The number of methoxy groups -OCH3 is 1. The molecule has 2 amide bonds. The zero-order valence-electron chi connectivity index (χ0n) is 16.2. The summed E-state index contributed by atoms with van der Waals surface area (Å²) in [5.74, 6) is -1.18. The monoisotopic (exact) mass is 430 g/mol. The van der Waals surface area contributed by atoms with E-state index in [2.05, 4.69) is 10.6 Å². The van der Waals surface area contributed by atoms with E-state index in [9.17, 15) is 14.4 Å². The van der Waals surface area contributed by atoms with Crippen molar-refractivity contribution in [1.29, 1.82) is 0 Å². The van der Waals surface area contributed by atoms with Crippen molar-refractivity contribution >= 4 is 35.1 Å². The van der Waals surface area contributed by atoms with E-state index >= 15 is 0 Å². The summed E-state index contributed by atoms with van der Waals surface area (Å²) in [5, 5.41) is 14.4. The number of ketones is 1. The maximum atomic E-state index is 12.6. The molecule has 2 aromatic carbocycles. The Morgan fingerprint density at radius 1 is 1.20 bits per heavy atom. The maximum absolute atomic E-state index is 12.6. The van der Waals surface area contributed by atoms with Crippen LogP contribution in [0.25, 0.3) is 5.70 Å². The first-order valence-electron chi connectivity index (χ1n) is 8.92. The highest BCUT2D eigenvalue weighted by Crippen LogP contribution is 2.41. The molecular weight excluding hydrogens is 412 g/mol. The number of hydrogen-bond acceptors (Lipinski definition) is 5. The molecule has 1 heterocycles. The molecule has 0 unspecified atom stereocenters. The van der Waals surface area contributed by atoms with Gasteiger partial charge in [0.25, 0.3) is 0 Å². The summed E-state index contributed by atoms with van der Waals surface area (Å²) in [6.07, 6.45) is 0. The molecule has 0 aliphatic carbocycles. The number of urea groups is 1. The molecule has 9 heteroatoms. The SMILES string of the molecule is COc1cc([C@@H]2NC(=O)NC(c3ccccc3)=C2C(C)=O)cc(Cl)c1OCC(=O)O. The van der Waals surface area contributed by atoms with E-state index < -0.39 is 24.6 Å². The van der Waals surface area contributed by atoms with E-state index in [0.29, 0.717) is 22.4 Å². The molecule has 3 N–H and O–H groups in total. The third-order valence-corrected chi connectivity index (χ3v) is 4.72. The van der Waals surface area contributed by atoms with Crippen LogP contribution in [0.1, 0.15) is 24.1 Å². The highest BCUT2D eigenvalue weighted by atomic mass is 35.5. The van der Waals surface area contributed by atoms with Gasteiger partial charge in [0.15, 0.2) is 23.9 Å². The smallest absolute Gasteiger partial charge is 0.341 e. The second-order valence-corrected chi connectivity index (χ2v) is 6.87. The van der Waals surface area contributed by atoms with Gasteiger partial charge in [0.2, 0.25) is 0 Å². The second kappa shape index (κ2) is 8.87. The Bertz CT molecular complexity index is 1040. The van der Waals surface area contributed by atoms with Crippen LogP contribution in [0, 0.1) is 0 Å². The number of amides is 2. The van der Waals surface area contributed by atoms with Crippen LogP contribution in [0.5, 0.6) is 11.5 Å². The van der Waals surface area contributed by atoms with Crippen molar-refractivity contribution < 1.29 is 29.0 Å². The molecule has 30 heavy (non-hydrogen) atoms. The van der Waals surface area contributed by atoms with Crippen LogP contribution < -0.4 is 20.1 Å². The Morgan fingerprint density at radius 3 is 2.50 bits per heavy atom. The standard InChI is InChI=1S/C21H19ClN2O6/c1-11(25)17-18(12-6-4-3-5-7-12)23-21(28)24-19(17)13-8-14(22)20(15(9-13)29-2)30-10-16(26)27/h3-9,19H,10H2,1-2H3,(H,26,27)(H2,23,24,28)/t19-/m0/s1. The van der Waals surface area contributed by atoms with E-state index in [1.165, 1.54) is 20.1 Å². The Balaban J connectivity index is 2.13. The predicted octanol–water partition coefficient (Wildman–Crippen LogP) is 3.17. The highest BCUT2D eigenvalue weighted by Gasteiger charge is 2.32. The van der Waals surface area contributed by atoms with Crippen LogP contribution in [0.3, 0.4) is 0 Å². The summed E-state index contributed by atoms with van der Waals surface area (Å²) in [7, 11) is 1.38. The van der Waals surface area contributed by atoms with Crippen LogP contribution in [0.15, 0.2) is 48.0 Å². The number of Topliss-reactive ketones (excluding diaryl/α,β-unsaturated/α-hetero) is 1. The summed E-state index contributed by atoms with van der Waals surface area (Å²) in [4.78, 5) is 35.7. The zero-order chi connectivity index (χ0) is 21.8. The summed E-state index contributed by atoms with van der Waals surface area (Å²) in [5.41, 5.74) is 1.91. The van der Waals surface area contributed by atoms with Crippen molar-refractivity contribution in [3.63, 3.8) is 0 Å². The number of benzene rings is 2. The fourth-order valence-corrected chi connectivity index (χ4v) is 3.48. The van der Waals surface area contributed by atoms with Gasteiger partial charge >= 0.3 is 12.0 Å². The molecule has 0 fully saturated rings. The number of nitrogens with one attached hydrogen (secondary N) is 2. The van der Waals surface area contributed by atoms with Crippen molar-refractivity contribution in [3.05, 3.63) is 64.2 Å². The zero-order valence-corrected chi connectivity index (χ0v) is 16.9. The number of carbonyl (C=O) groups is 3. The van der Waals surface area contributed by atoms with E-state index in [1.807, 2.05) is 6.07 Å². The summed E-state index contributed by atoms with van der Waals surface area (Å²) >= 11 is 6.31. The summed E-state index contributed by atoms with van der Waals surface area (Å²) in [6.45, 7) is 0.809. The number of hydrogen-bond donors (Lipinski definition) is 3. The predicted molar refractivity (Wildman–Crippen MR) is 110 cm³/mol. The van der Waals surface area contributed by atoms with Gasteiger partial charge in [0.1, 0.15) is 0 Å². The lowest BCUT2D eigenvalue weighted by molar-refractivity contribution is -0.139. The van der Waals surface area contributed by atoms with Crippen molar-refractivity contribution in [2.75, 3.05) is 13.7 Å². The molecule has 0 bridgehead atoms. The molecule has 0 saturated heterocycles. The molecule has 1 aliphatic heterocycles. The average Bonchev–Trinajstić information content (AvgIpc) is 2.71. The van der Waals surface area contributed by atoms with E-state index in [4.69, 9.17) is 26.2 Å². The molecule has 1 aliphatic rings. The Morgan fingerprint density at radius 2 is 1.90 bits per heavy atom. The minimum absolute atomic E-state index is 0.0576. The first-order valence-corrected chi connectivity index (χ1v) is 9.29. The largest absolute Gasteiger partial charge is 0.493 e. The third-order valence-electron chi connectivity index (χ3n) is 4.44. The Kier molecular flexibility index (Phi) is 6.27. The molecule has 1 atom stereocenters. The van der Waals surface area contributed by atoms with Gasteiger partial charge in [-0.3, -0.25) is 4.79 Å². The van der Waals surface area contributed by atoms with Crippen LogP contribution in [0.4, 0.5) is 4.79 Å². The fourth-order valence-electron chi connectivity index (χ4n) is 3.21. The third kappa shape index (κ3) is 4.38. The second-order valence-electron chi connectivity index (χ2n) is 6.46. The molecule has 0 spiro atoms. The fraction of sp³-hybridized carbons (Fsp3) is 0.190. The lowest BCUT2D eigenvalue weighted by Gasteiger charge is -2.30. The van der Waals surface area contributed by atoms with Gasteiger partial charge in [-0.15, -0.1) is 0 Å². The first kappa shape index (κ1) is 21.2. The number of rotatable bonds is 7. The lowest BCUT2D eigenvalue weighted by Crippen LogP contribution is -2.44. The molecule has 0 radical (unpaired) electrons. The van der Waals surface area contributed by atoms with Gasteiger partial charge in [-0.2, -0.15) is 0 Å². The minimum atomic E-state index is -1.17. The molecule has 0 saturated carbocycles. The van der Waals surface area contributed by atoms with Gasteiger partial charge in [0.05, 0.1) is 23.9 Å². The van der Waals surface area contributed by atoms with E-state index in [0.717, 1.165) is 0 Å². The number of halogens is 1. The van der Waals surface area contributed by atoms with Crippen molar-refractivity contribution in [2.45, 2.75) is 13.0 Å². The van der Waals surface area contributed by atoms with Gasteiger partial charge in [0, 0.05) is 5.57 Å². The molecule has 0 aromatic heterocycles. The highest BCUT2D eigenvalue weighted by molar-refractivity contribution is 6.32. The van der Waals surface area contributed by atoms with Crippen molar-refractivity contribution in [1.82, 2.24) is 10.6 Å². The average molecular weight is 431 g/mol. The van der Waals surface area contributed by atoms with Crippen LogP contribution in [-0.2, 0) is 9.59 Å².